The quantitative estimate of drug-likeness (QED) is 0.731. The molecule has 2 heterocycles. The summed E-state index contributed by atoms with van der Waals surface area (Å²) in [6, 6.07) is 10.2. The van der Waals surface area contributed by atoms with Gasteiger partial charge in [-0.25, -0.2) is 0 Å². The Morgan fingerprint density at radius 1 is 1.30 bits per heavy atom. The van der Waals surface area contributed by atoms with Gasteiger partial charge in [0, 0.05) is 12.3 Å². The van der Waals surface area contributed by atoms with Gasteiger partial charge in [-0.15, -0.1) is 0 Å². The van der Waals surface area contributed by atoms with Gasteiger partial charge < -0.3 is 4.74 Å². The zero-order valence-electron chi connectivity index (χ0n) is 13.5. The second-order valence-electron chi connectivity index (χ2n) is 6.82. The van der Waals surface area contributed by atoms with Gasteiger partial charge in [0.05, 0.1) is 12.8 Å². The molecule has 1 aromatic carbocycles. The number of Topliss-reactive ketones (excluding diaryl/α,β-unsaturated/α-hetero) is 1. The fraction of sp³-hybridized carbons (Fsp3) is 0.550. The number of hydrogen-bond donors (Lipinski definition) is 0. The first-order chi connectivity index (χ1) is 11.2. The molecule has 0 amide bonds. The van der Waals surface area contributed by atoms with Gasteiger partial charge in [-0.2, -0.15) is 0 Å². The van der Waals surface area contributed by atoms with Crippen molar-refractivity contribution >= 4 is 5.78 Å². The number of hydrogen-bond acceptors (Lipinski definition) is 2. The predicted molar refractivity (Wildman–Crippen MR) is 88.3 cm³/mol. The highest BCUT2D eigenvalue weighted by atomic mass is 19.1. The van der Waals surface area contributed by atoms with Gasteiger partial charge in [0.25, 0.3) is 0 Å². The number of fused-ring (bicyclic) bond motifs is 3. The maximum absolute atomic E-state index is 13.0. The molecule has 2 saturated heterocycles. The van der Waals surface area contributed by atoms with Crippen LogP contribution in [0.1, 0.15) is 50.0 Å². The van der Waals surface area contributed by atoms with Crippen LogP contribution >= 0.6 is 0 Å². The minimum Gasteiger partial charge on any atom is -0.360 e. The van der Waals surface area contributed by atoms with E-state index in [9.17, 15) is 9.18 Å². The van der Waals surface area contributed by atoms with Crippen LogP contribution in [-0.2, 0) is 9.53 Å². The zero-order chi connectivity index (χ0) is 16.2. The van der Waals surface area contributed by atoms with Gasteiger partial charge >= 0.3 is 0 Å². The third-order valence-corrected chi connectivity index (χ3v) is 5.29. The molecule has 2 radical (unpaired) electrons. The summed E-state index contributed by atoms with van der Waals surface area (Å²) in [7, 11) is 0. The van der Waals surface area contributed by atoms with Crippen LogP contribution in [0.5, 0.6) is 0 Å². The molecule has 124 valence electrons. The molecular formula is C20H25FO2. The van der Waals surface area contributed by atoms with E-state index >= 15 is 0 Å². The van der Waals surface area contributed by atoms with Gasteiger partial charge in [-0.3, -0.25) is 9.18 Å². The lowest BCUT2D eigenvalue weighted by atomic mass is 9.72. The van der Waals surface area contributed by atoms with Crippen molar-refractivity contribution in [1.82, 2.24) is 0 Å². The van der Waals surface area contributed by atoms with E-state index in [-0.39, 0.29) is 36.3 Å². The summed E-state index contributed by atoms with van der Waals surface area (Å²) in [6.07, 6.45) is 5.32. The van der Waals surface area contributed by atoms with Crippen molar-refractivity contribution in [2.45, 2.75) is 50.5 Å². The molecule has 4 atom stereocenters. The normalized spacial score (nSPS) is 28.7. The molecule has 2 aliphatic heterocycles. The van der Waals surface area contributed by atoms with E-state index in [4.69, 9.17) is 4.74 Å². The van der Waals surface area contributed by atoms with Gasteiger partial charge in [-0.05, 0) is 43.1 Å². The Morgan fingerprint density at radius 2 is 2.09 bits per heavy atom. The molecule has 4 unspecified atom stereocenters. The molecule has 3 heteroatoms. The molecule has 3 aliphatic rings. The van der Waals surface area contributed by atoms with Crippen LogP contribution in [0.4, 0.5) is 4.39 Å². The Hall–Kier alpha value is -1.22. The standard InChI is InChI=1S/C20H25FO2/c1-2-6-15(14-7-4-3-5-8-14)12-18(22)20-16-9-10-19(23-20)17(11-16)13-21/h3-5,7-8,15-17,19H,1-2,6,9-13H2. The summed E-state index contributed by atoms with van der Waals surface area (Å²) in [6.45, 7) is 3.60. The number of benzene rings is 1. The summed E-state index contributed by atoms with van der Waals surface area (Å²) in [4.78, 5) is 12.8. The molecule has 1 aromatic rings. The Kier molecular flexibility index (Phi) is 5.47. The van der Waals surface area contributed by atoms with Gasteiger partial charge in [0.15, 0.2) is 11.9 Å². The molecule has 2 nitrogen and oxygen atoms in total. The smallest absolute Gasteiger partial charge is 0.169 e. The van der Waals surface area contributed by atoms with Crippen molar-refractivity contribution < 1.29 is 13.9 Å². The molecular weight excluding hydrogens is 291 g/mol. The lowest BCUT2D eigenvalue weighted by molar-refractivity contribution is -0.143. The van der Waals surface area contributed by atoms with Crippen LogP contribution in [0, 0.1) is 24.9 Å². The predicted octanol–water partition coefficient (Wildman–Crippen LogP) is 4.66. The van der Waals surface area contributed by atoms with Gasteiger partial charge in [0.2, 0.25) is 0 Å². The van der Waals surface area contributed by atoms with Crippen molar-refractivity contribution in [3.63, 3.8) is 0 Å². The second-order valence-corrected chi connectivity index (χ2v) is 6.82. The molecule has 0 aromatic heterocycles. The molecule has 2 bridgehead atoms. The van der Waals surface area contributed by atoms with Crippen molar-refractivity contribution in [3.05, 3.63) is 48.9 Å². The van der Waals surface area contributed by atoms with Crippen molar-refractivity contribution in [1.29, 1.82) is 0 Å². The van der Waals surface area contributed by atoms with E-state index in [0.717, 1.165) is 32.1 Å². The van der Waals surface area contributed by atoms with Crippen LogP contribution in [0.15, 0.2) is 30.3 Å². The Morgan fingerprint density at radius 3 is 2.70 bits per heavy atom. The molecule has 0 spiro atoms. The van der Waals surface area contributed by atoms with E-state index in [2.05, 4.69) is 19.1 Å². The van der Waals surface area contributed by atoms with Gasteiger partial charge in [-0.1, -0.05) is 43.7 Å². The first kappa shape index (κ1) is 16.6. The first-order valence-electron chi connectivity index (χ1n) is 8.69. The largest absolute Gasteiger partial charge is 0.360 e. The Balaban J connectivity index is 1.66. The Bertz CT molecular complexity index is 516. The number of ketones is 1. The van der Waals surface area contributed by atoms with Crippen molar-refractivity contribution in [3.8, 4) is 0 Å². The molecule has 1 aliphatic carbocycles. The highest BCUT2D eigenvalue weighted by molar-refractivity contribution is 5.91. The summed E-state index contributed by atoms with van der Waals surface area (Å²) in [5, 5.41) is 0. The fourth-order valence-electron chi connectivity index (χ4n) is 4.03. The monoisotopic (exact) mass is 316 g/mol. The molecule has 3 fully saturated rings. The topological polar surface area (TPSA) is 26.3 Å². The van der Waals surface area contributed by atoms with Crippen LogP contribution in [0.2, 0.25) is 0 Å². The lowest BCUT2D eigenvalue weighted by Gasteiger charge is -2.45. The van der Waals surface area contributed by atoms with E-state index in [0.29, 0.717) is 12.5 Å². The number of carbonyl (C=O) groups is 1. The van der Waals surface area contributed by atoms with Gasteiger partial charge in [0.1, 0.15) is 0 Å². The highest BCUT2D eigenvalue weighted by Crippen LogP contribution is 2.46. The van der Waals surface area contributed by atoms with Crippen molar-refractivity contribution in [2.75, 3.05) is 6.67 Å². The van der Waals surface area contributed by atoms with Crippen LogP contribution < -0.4 is 0 Å². The maximum Gasteiger partial charge on any atom is 0.169 e. The minimum absolute atomic E-state index is 0.0185. The third kappa shape index (κ3) is 3.65. The minimum atomic E-state index is -0.337. The number of alkyl halides is 1. The fourth-order valence-corrected chi connectivity index (χ4v) is 4.03. The summed E-state index contributed by atoms with van der Waals surface area (Å²) in [5.74, 6) is 0.411. The summed E-state index contributed by atoms with van der Waals surface area (Å²) < 4.78 is 18.9. The second kappa shape index (κ2) is 7.57. The number of carbonyl (C=O) groups excluding carboxylic acids is 1. The number of halogens is 1. The van der Waals surface area contributed by atoms with E-state index in [1.54, 1.807) is 0 Å². The molecule has 23 heavy (non-hydrogen) atoms. The SMILES string of the molecule is [CH2]CCC(CC(=O)[C]1OC2CCC1CC2CF)c1ccccc1. The average molecular weight is 316 g/mol. The van der Waals surface area contributed by atoms with Crippen molar-refractivity contribution in [2.24, 2.45) is 11.8 Å². The molecule has 0 N–H and O–H groups in total. The molecule has 4 rings (SSSR count). The Labute approximate surface area is 138 Å². The average Bonchev–Trinajstić information content (AvgIpc) is 2.62. The zero-order valence-corrected chi connectivity index (χ0v) is 13.5. The lowest BCUT2D eigenvalue weighted by Crippen LogP contribution is -2.46. The van der Waals surface area contributed by atoms with E-state index in [1.165, 1.54) is 5.56 Å². The number of rotatable bonds is 7. The summed E-state index contributed by atoms with van der Waals surface area (Å²) in [5.41, 5.74) is 1.19. The number of ether oxygens (including phenoxy) is 1. The maximum atomic E-state index is 13.0. The van der Waals surface area contributed by atoms with Crippen LogP contribution in [0.3, 0.4) is 0 Å². The summed E-state index contributed by atoms with van der Waals surface area (Å²) >= 11 is 0. The first-order valence-corrected chi connectivity index (χ1v) is 8.69. The van der Waals surface area contributed by atoms with Crippen LogP contribution in [0.25, 0.3) is 0 Å². The molecule has 1 saturated carbocycles. The van der Waals surface area contributed by atoms with Crippen LogP contribution in [-0.4, -0.2) is 18.6 Å². The highest BCUT2D eigenvalue weighted by Gasteiger charge is 2.46. The third-order valence-electron chi connectivity index (χ3n) is 5.29. The van der Waals surface area contributed by atoms with E-state index in [1.807, 2.05) is 18.2 Å². The van der Waals surface area contributed by atoms with E-state index < -0.39 is 0 Å².